The Kier molecular flexibility index (Phi) is 7.05. The maximum atomic E-state index is 13.1. The van der Waals surface area contributed by atoms with E-state index in [4.69, 9.17) is 11.6 Å². The molecular weight excluding hydrogens is 458 g/mol. The lowest BCUT2D eigenvalue weighted by Gasteiger charge is -2.12. The van der Waals surface area contributed by atoms with Crippen LogP contribution in [-0.2, 0) is 11.3 Å². The van der Waals surface area contributed by atoms with Crippen molar-refractivity contribution in [3.63, 3.8) is 0 Å². The number of anilines is 1. The van der Waals surface area contributed by atoms with E-state index < -0.39 is 0 Å². The van der Waals surface area contributed by atoms with E-state index in [1.807, 2.05) is 54.6 Å². The van der Waals surface area contributed by atoms with Crippen molar-refractivity contribution in [1.29, 1.82) is 0 Å². The quantitative estimate of drug-likeness (QED) is 0.274. The first kappa shape index (κ1) is 23.3. The summed E-state index contributed by atoms with van der Waals surface area (Å²) >= 11 is 7.60. The van der Waals surface area contributed by atoms with E-state index in [0.29, 0.717) is 33.6 Å². The van der Waals surface area contributed by atoms with Crippen LogP contribution in [0.2, 0.25) is 5.02 Å². The second-order valence-corrected chi connectivity index (χ2v) is 9.42. The lowest BCUT2D eigenvalue weighted by Crippen LogP contribution is -2.23. The first-order valence-corrected chi connectivity index (χ1v) is 12.3. The van der Waals surface area contributed by atoms with Crippen LogP contribution in [0.3, 0.4) is 0 Å². The Morgan fingerprint density at radius 1 is 1.15 bits per heavy atom. The fourth-order valence-electron chi connectivity index (χ4n) is 3.93. The molecule has 0 unspecified atom stereocenters. The molecule has 0 fully saturated rings. The molecule has 0 radical (unpaired) electrons. The van der Waals surface area contributed by atoms with Gasteiger partial charge in [-0.3, -0.25) is 18.6 Å². The molecule has 0 spiro atoms. The van der Waals surface area contributed by atoms with Gasteiger partial charge in [-0.15, -0.1) is 10.2 Å². The number of hydrogen-bond donors (Lipinski definition) is 1. The summed E-state index contributed by atoms with van der Waals surface area (Å²) in [5.74, 6) is 0.439. The van der Waals surface area contributed by atoms with Gasteiger partial charge in [-0.25, -0.2) is 0 Å². The van der Waals surface area contributed by atoms with Crippen LogP contribution in [0.4, 0.5) is 5.69 Å². The van der Waals surface area contributed by atoms with Crippen molar-refractivity contribution < 1.29 is 4.79 Å². The number of benzene rings is 2. The Hall–Kier alpha value is -2.84. The number of carbonyl (C=O) groups is 1. The molecule has 0 bridgehead atoms. The molecule has 1 amide bonds. The number of hydrogen-bond acceptors (Lipinski definition) is 5. The summed E-state index contributed by atoms with van der Waals surface area (Å²) in [5, 5.41) is 13.2. The minimum Gasteiger partial charge on any atom is -0.324 e. The highest BCUT2D eigenvalue weighted by atomic mass is 35.5. The van der Waals surface area contributed by atoms with E-state index in [2.05, 4.69) is 22.4 Å². The Balaban J connectivity index is 1.64. The molecule has 0 atom stereocenters. The third kappa shape index (κ3) is 4.77. The molecule has 4 rings (SSSR count). The minimum absolute atomic E-state index is 0.0691. The maximum Gasteiger partial charge on any atom is 0.262 e. The van der Waals surface area contributed by atoms with Crippen LogP contribution in [0.25, 0.3) is 16.7 Å². The van der Waals surface area contributed by atoms with Crippen LogP contribution in [0, 0.1) is 13.8 Å². The number of fused-ring (bicyclic) bond motifs is 3. The van der Waals surface area contributed by atoms with Crippen LogP contribution >= 0.6 is 23.4 Å². The van der Waals surface area contributed by atoms with Crippen LogP contribution in [0.1, 0.15) is 37.3 Å². The van der Waals surface area contributed by atoms with Crippen LogP contribution in [-0.4, -0.2) is 30.8 Å². The van der Waals surface area contributed by atoms with Gasteiger partial charge in [-0.2, -0.15) is 0 Å². The van der Waals surface area contributed by atoms with E-state index in [9.17, 15) is 9.59 Å². The van der Waals surface area contributed by atoms with E-state index in [1.165, 1.54) is 11.8 Å². The van der Waals surface area contributed by atoms with Gasteiger partial charge < -0.3 is 5.32 Å². The Labute approximate surface area is 201 Å². The monoisotopic (exact) mass is 483 g/mol. The number of carbonyl (C=O) groups excluding carboxylic acids is 1. The summed E-state index contributed by atoms with van der Waals surface area (Å²) in [6.45, 7) is 6.58. The van der Waals surface area contributed by atoms with Gasteiger partial charge >= 0.3 is 0 Å². The highest BCUT2D eigenvalue weighted by molar-refractivity contribution is 7.99. The molecule has 9 heteroatoms. The van der Waals surface area contributed by atoms with Crippen molar-refractivity contribution in [2.45, 2.75) is 51.7 Å². The first-order chi connectivity index (χ1) is 15.9. The molecule has 0 aliphatic heterocycles. The zero-order valence-corrected chi connectivity index (χ0v) is 20.5. The fourth-order valence-corrected chi connectivity index (χ4v) is 5.04. The Morgan fingerprint density at radius 2 is 1.94 bits per heavy atom. The molecular formula is C24H26ClN5O2S. The number of halogens is 1. The molecule has 2 aromatic heterocycles. The van der Waals surface area contributed by atoms with Gasteiger partial charge in [-0.05, 0) is 49.6 Å². The normalized spacial score (nSPS) is 11.4. The van der Waals surface area contributed by atoms with Gasteiger partial charge in [0.05, 0.1) is 27.4 Å². The Bertz CT molecular complexity index is 1370. The maximum absolute atomic E-state index is 13.1. The van der Waals surface area contributed by atoms with Gasteiger partial charge in [0.25, 0.3) is 5.56 Å². The predicted molar refractivity (Wildman–Crippen MR) is 135 cm³/mol. The van der Waals surface area contributed by atoms with Crippen LogP contribution < -0.4 is 10.9 Å². The highest BCUT2D eigenvalue weighted by Gasteiger charge is 2.18. The molecule has 0 saturated heterocycles. The summed E-state index contributed by atoms with van der Waals surface area (Å²) in [4.78, 5) is 25.8. The third-order valence-corrected chi connectivity index (χ3v) is 6.72. The second kappa shape index (κ2) is 9.97. The SMILES string of the molecule is CCCCCn1c(=O)c2ccccc2n2c(SCC(=O)Nc3c(C)cc(C)cc3Cl)nnc12. The number of rotatable bonds is 8. The number of aromatic nitrogens is 4. The number of unbranched alkanes of at least 4 members (excludes halogenated alkanes) is 2. The molecule has 0 aliphatic rings. The van der Waals surface area contributed by atoms with E-state index >= 15 is 0 Å². The number of thioether (sulfide) groups is 1. The van der Waals surface area contributed by atoms with Crippen molar-refractivity contribution in [2.75, 3.05) is 11.1 Å². The second-order valence-electron chi connectivity index (χ2n) is 8.07. The molecule has 4 aromatic rings. The average Bonchev–Trinajstić information content (AvgIpc) is 3.21. The minimum atomic E-state index is -0.189. The van der Waals surface area contributed by atoms with E-state index in [-0.39, 0.29) is 17.2 Å². The first-order valence-electron chi connectivity index (χ1n) is 11.0. The fraction of sp³-hybridized carbons (Fsp3) is 0.333. The molecule has 33 heavy (non-hydrogen) atoms. The third-order valence-electron chi connectivity index (χ3n) is 5.49. The van der Waals surface area contributed by atoms with Gasteiger partial charge in [0.15, 0.2) is 5.16 Å². The molecule has 172 valence electrons. The average molecular weight is 484 g/mol. The molecule has 1 N–H and O–H groups in total. The van der Waals surface area contributed by atoms with Crippen molar-refractivity contribution in [2.24, 2.45) is 0 Å². The molecule has 0 saturated carbocycles. The smallest absolute Gasteiger partial charge is 0.262 e. The summed E-state index contributed by atoms with van der Waals surface area (Å²) in [7, 11) is 0. The van der Waals surface area contributed by atoms with Crippen molar-refractivity contribution in [3.05, 3.63) is 62.9 Å². The molecule has 2 heterocycles. The summed E-state index contributed by atoms with van der Waals surface area (Å²) in [6.07, 6.45) is 2.98. The lowest BCUT2D eigenvalue weighted by atomic mass is 10.1. The largest absolute Gasteiger partial charge is 0.324 e. The standard InChI is InChI=1S/C24H26ClN5O2S/c1-4-5-8-11-29-22(32)17-9-6-7-10-19(17)30-23(29)27-28-24(30)33-14-20(31)26-21-16(3)12-15(2)13-18(21)25/h6-7,9-10,12-13H,4-5,8,11,14H2,1-3H3,(H,26,31). The topological polar surface area (TPSA) is 81.3 Å². The van der Waals surface area contributed by atoms with E-state index in [0.717, 1.165) is 35.9 Å². The molecule has 7 nitrogen and oxygen atoms in total. The molecule has 2 aromatic carbocycles. The van der Waals surface area contributed by atoms with Gasteiger partial charge in [0.2, 0.25) is 11.7 Å². The zero-order chi connectivity index (χ0) is 23.5. The van der Waals surface area contributed by atoms with Gasteiger partial charge in [0.1, 0.15) is 0 Å². The van der Waals surface area contributed by atoms with Crippen molar-refractivity contribution >= 4 is 51.6 Å². The van der Waals surface area contributed by atoms with Gasteiger partial charge in [0, 0.05) is 6.54 Å². The van der Waals surface area contributed by atoms with Crippen molar-refractivity contribution in [3.8, 4) is 0 Å². The molecule has 0 aliphatic carbocycles. The van der Waals surface area contributed by atoms with Crippen LogP contribution in [0.15, 0.2) is 46.3 Å². The predicted octanol–water partition coefficient (Wildman–Crippen LogP) is 5.24. The Morgan fingerprint density at radius 3 is 2.70 bits per heavy atom. The number of aryl methyl sites for hydroxylation is 3. The van der Waals surface area contributed by atoms with E-state index in [1.54, 1.807) is 4.57 Å². The van der Waals surface area contributed by atoms with Gasteiger partial charge in [-0.1, -0.05) is 61.3 Å². The number of nitrogens with zero attached hydrogens (tertiary/aromatic N) is 4. The van der Waals surface area contributed by atoms with Crippen LogP contribution in [0.5, 0.6) is 0 Å². The van der Waals surface area contributed by atoms with Crippen molar-refractivity contribution in [1.82, 2.24) is 19.2 Å². The zero-order valence-electron chi connectivity index (χ0n) is 18.9. The summed E-state index contributed by atoms with van der Waals surface area (Å²) in [6, 6.07) is 11.2. The number of nitrogens with one attached hydrogen (secondary N) is 1. The number of amides is 1. The lowest BCUT2D eigenvalue weighted by molar-refractivity contribution is -0.113. The summed E-state index contributed by atoms with van der Waals surface area (Å²) < 4.78 is 3.55. The summed E-state index contributed by atoms with van der Waals surface area (Å²) in [5.41, 5.74) is 3.23. The number of para-hydroxylation sites is 1. The highest BCUT2D eigenvalue weighted by Crippen LogP contribution is 2.28.